The van der Waals surface area contributed by atoms with E-state index in [9.17, 15) is 4.79 Å². The van der Waals surface area contributed by atoms with Gasteiger partial charge in [0.2, 0.25) is 0 Å². The lowest BCUT2D eigenvalue weighted by atomic mass is 9.87. The summed E-state index contributed by atoms with van der Waals surface area (Å²) >= 11 is 0. The summed E-state index contributed by atoms with van der Waals surface area (Å²) in [5.41, 5.74) is 10.8. The Balaban J connectivity index is 1.89. The SMILES string of the molecule is C=C(/C(=C\C)C(=O)c1ccc(C)c(C)c1)c1ccccc1CCc1c(C)cccc1C. The maximum absolute atomic E-state index is 13.3. The summed E-state index contributed by atoms with van der Waals surface area (Å²) in [4.78, 5) is 13.3. The van der Waals surface area contributed by atoms with Crippen molar-refractivity contribution in [3.63, 3.8) is 0 Å². The summed E-state index contributed by atoms with van der Waals surface area (Å²) in [6, 6.07) is 20.7. The third-order valence-electron chi connectivity index (χ3n) is 6.26. The molecule has 0 spiro atoms. The quantitative estimate of drug-likeness (QED) is 0.224. The molecule has 0 saturated heterocycles. The van der Waals surface area contributed by atoms with E-state index in [0.29, 0.717) is 11.1 Å². The van der Waals surface area contributed by atoms with Gasteiger partial charge in [-0.15, -0.1) is 0 Å². The molecule has 0 amide bonds. The molecule has 0 aliphatic rings. The summed E-state index contributed by atoms with van der Waals surface area (Å²) in [6.07, 6.45) is 3.77. The number of carbonyl (C=O) groups excluding carboxylic acids is 1. The number of carbonyl (C=O) groups is 1. The lowest BCUT2D eigenvalue weighted by Crippen LogP contribution is -2.08. The fourth-order valence-electron chi connectivity index (χ4n) is 4.16. The Kier molecular flexibility index (Phi) is 7.07. The largest absolute Gasteiger partial charge is 0.289 e. The van der Waals surface area contributed by atoms with Crippen molar-refractivity contribution < 1.29 is 4.79 Å². The predicted molar refractivity (Wildman–Crippen MR) is 133 cm³/mol. The van der Waals surface area contributed by atoms with Crippen molar-refractivity contribution in [3.05, 3.63) is 123 Å². The molecule has 31 heavy (non-hydrogen) atoms. The van der Waals surface area contributed by atoms with Crippen LogP contribution in [0, 0.1) is 27.7 Å². The fraction of sp³-hybridized carbons (Fsp3) is 0.233. The average Bonchev–Trinajstić information content (AvgIpc) is 2.76. The average molecular weight is 409 g/mol. The van der Waals surface area contributed by atoms with Gasteiger partial charge in [-0.1, -0.05) is 67.3 Å². The van der Waals surface area contributed by atoms with Gasteiger partial charge in [0, 0.05) is 11.1 Å². The van der Waals surface area contributed by atoms with Crippen LogP contribution in [0.5, 0.6) is 0 Å². The molecule has 3 rings (SSSR count). The second-order valence-electron chi connectivity index (χ2n) is 8.34. The number of benzene rings is 3. The highest BCUT2D eigenvalue weighted by Crippen LogP contribution is 2.29. The lowest BCUT2D eigenvalue weighted by Gasteiger charge is -2.16. The predicted octanol–water partition coefficient (Wildman–Crippen LogP) is 7.55. The van der Waals surface area contributed by atoms with Crippen LogP contribution in [0.1, 0.15) is 56.2 Å². The van der Waals surface area contributed by atoms with E-state index >= 15 is 0 Å². The summed E-state index contributed by atoms with van der Waals surface area (Å²) < 4.78 is 0. The number of aryl methyl sites for hydroxylation is 5. The molecular formula is C30H32O. The molecule has 0 atom stereocenters. The van der Waals surface area contributed by atoms with Crippen molar-refractivity contribution in [2.24, 2.45) is 0 Å². The molecule has 0 heterocycles. The first kappa shape index (κ1) is 22.5. The van der Waals surface area contributed by atoms with Crippen LogP contribution in [0.3, 0.4) is 0 Å². The molecule has 0 radical (unpaired) electrons. The highest BCUT2D eigenvalue weighted by Gasteiger charge is 2.18. The van der Waals surface area contributed by atoms with Gasteiger partial charge >= 0.3 is 0 Å². The Morgan fingerprint density at radius 1 is 0.806 bits per heavy atom. The van der Waals surface area contributed by atoms with Crippen LogP contribution < -0.4 is 0 Å². The van der Waals surface area contributed by atoms with E-state index in [1.165, 1.54) is 27.8 Å². The third kappa shape index (κ3) is 4.94. The first-order valence-electron chi connectivity index (χ1n) is 10.9. The molecule has 158 valence electrons. The number of hydrogen-bond acceptors (Lipinski definition) is 1. The zero-order chi connectivity index (χ0) is 22.5. The van der Waals surface area contributed by atoms with Crippen molar-refractivity contribution in [1.29, 1.82) is 0 Å². The van der Waals surface area contributed by atoms with Crippen LogP contribution in [0.2, 0.25) is 0 Å². The lowest BCUT2D eigenvalue weighted by molar-refractivity contribution is 0.103. The van der Waals surface area contributed by atoms with E-state index < -0.39 is 0 Å². The standard InChI is InChI=1S/C30H32O/c1-7-27(30(31)26-16-15-20(2)23(5)19-26)24(6)29-14-9-8-13-25(29)17-18-28-21(3)11-10-12-22(28)4/h7-16,19H,6,17-18H2,1-5H3/b27-7+. The highest BCUT2D eigenvalue weighted by molar-refractivity contribution is 6.18. The number of rotatable bonds is 7. The van der Waals surface area contributed by atoms with Gasteiger partial charge in [0.25, 0.3) is 0 Å². The zero-order valence-corrected chi connectivity index (χ0v) is 19.4. The summed E-state index contributed by atoms with van der Waals surface area (Å²) in [6.45, 7) is 14.7. The summed E-state index contributed by atoms with van der Waals surface area (Å²) in [5, 5.41) is 0. The second-order valence-corrected chi connectivity index (χ2v) is 8.34. The van der Waals surface area contributed by atoms with Crippen LogP contribution in [-0.2, 0) is 12.8 Å². The van der Waals surface area contributed by atoms with Crippen molar-refractivity contribution in [3.8, 4) is 0 Å². The zero-order valence-electron chi connectivity index (χ0n) is 19.4. The van der Waals surface area contributed by atoms with E-state index in [1.54, 1.807) is 0 Å². The van der Waals surface area contributed by atoms with Crippen molar-refractivity contribution >= 4 is 11.4 Å². The number of Topliss-reactive ketones (excluding diaryl/α,β-unsaturated/α-hetero) is 1. The molecule has 0 aromatic heterocycles. The first-order chi connectivity index (χ1) is 14.8. The van der Waals surface area contributed by atoms with Gasteiger partial charge < -0.3 is 0 Å². The van der Waals surface area contributed by atoms with Crippen LogP contribution >= 0.6 is 0 Å². The minimum absolute atomic E-state index is 0.0279. The van der Waals surface area contributed by atoms with Crippen LogP contribution in [-0.4, -0.2) is 5.78 Å². The van der Waals surface area contributed by atoms with E-state index in [1.807, 2.05) is 44.2 Å². The van der Waals surface area contributed by atoms with Gasteiger partial charge in [-0.05, 0) is 98.0 Å². The van der Waals surface area contributed by atoms with E-state index in [-0.39, 0.29) is 5.78 Å². The van der Waals surface area contributed by atoms with Gasteiger partial charge in [0.15, 0.2) is 5.78 Å². The molecule has 0 aliphatic carbocycles. The second kappa shape index (κ2) is 9.75. The monoisotopic (exact) mass is 408 g/mol. The smallest absolute Gasteiger partial charge is 0.193 e. The van der Waals surface area contributed by atoms with Crippen LogP contribution in [0.15, 0.2) is 78.9 Å². The molecule has 0 N–H and O–H groups in total. The maximum Gasteiger partial charge on any atom is 0.193 e. The summed E-state index contributed by atoms with van der Waals surface area (Å²) in [7, 11) is 0. The minimum atomic E-state index is 0.0279. The fourth-order valence-corrected chi connectivity index (χ4v) is 4.16. The molecule has 1 nitrogen and oxygen atoms in total. The Hall–Kier alpha value is -3.19. The Morgan fingerprint density at radius 3 is 2.13 bits per heavy atom. The first-order valence-corrected chi connectivity index (χ1v) is 10.9. The molecular weight excluding hydrogens is 376 g/mol. The third-order valence-corrected chi connectivity index (χ3v) is 6.26. The molecule has 0 aliphatic heterocycles. The van der Waals surface area contributed by atoms with Crippen LogP contribution in [0.4, 0.5) is 0 Å². The molecule has 0 unspecified atom stereocenters. The Bertz CT molecular complexity index is 1140. The molecule has 0 saturated carbocycles. The van der Waals surface area contributed by atoms with Gasteiger partial charge in [0.05, 0.1) is 0 Å². The van der Waals surface area contributed by atoms with Gasteiger partial charge in [-0.2, -0.15) is 0 Å². The van der Waals surface area contributed by atoms with E-state index in [4.69, 9.17) is 0 Å². The van der Waals surface area contributed by atoms with Gasteiger partial charge in [-0.3, -0.25) is 4.79 Å². The maximum atomic E-state index is 13.3. The van der Waals surface area contributed by atoms with E-state index in [0.717, 1.165) is 29.5 Å². The van der Waals surface area contributed by atoms with Crippen molar-refractivity contribution in [2.75, 3.05) is 0 Å². The van der Waals surface area contributed by atoms with Gasteiger partial charge in [-0.25, -0.2) is 0 Å². The Morgan fingerprint density at radius 2 is 1.48 bits per heavy atom. The topological polar surface area (TPSA) is 17.1 Å². The highest BCUT2D eigenvalue weighted by atomic mass is 16.1. The van der Waals surface area contributed by atoms with Crippen LogP contribution in [0.25, 0.3) is 5.57 Å². The van der Waals surface area contributed by atoms with Crippen molar-refractivity contribution in [1.82, 2.24) is 0 Å². The van der Waals surface area contributed by atoms with E-state index in [2.05, 4.69) is 63.7 Å². The molecule has 3 aromatic carbocycles. The number of ketones is 1. The molecule has 3 aromatic rings. The van der Waals surface area contributed by atoms with Gasteiger partial charge in [0.1, 0.15) is 0 Å². The van der Waals surface area contributed by atoms with Crippen molar-refractivity contribution in [2.45, 2.75) is 47.5 Å². The summed E-state index contributed by atoms with van der Waals surface area (Å²) in [5.74, 6) is 0.0279. The normalized spacial score (nSPS) is 11.5. The number of hydrogen-bond donors (Lipinski definition) is 0. The minimum Gasteiger partial charge on any atom is -0.289 e. The molecule has 0 fully saturated rings. The Labute approximate surface area is 187 Å². The molecule has 0 bridgehead atoms. The number of allylic oxidation sites excluding steroid dienone is 3. The molecule has 1 heteroatoms.